The Morgan fingerprint density at radius 2 is 2.00 bits per heavy atom. The van der Waals surface area contributed by atoms with Crippen LogP contribution in [0.15, 0.2) is 24.3 Å². The molecule has 0 saturated carbocycles. The lowest BCUT2D eigenvalue weighted by Gasteiger charge is -2.37. The maximum absolute atomic E-state index is 3.45. The number of nitrogens with one attached hydrogen (secondary N) is 1. The van der Waals surface area contributed by atoms with E-state index in [4.69, 9.17) is 0 Å². The van der Waals surface area contributed by atoms with Crippen molar-refractivity contribution in [3.8, 4) is 0 Å². The minimum Gasteiger partial charge on any atom is -0.317 e. The Balaban J connectivity index is 1.90. The zero-order valence-corrected chi connectivity index (χ0v) is 12.0. The number of rotatable bonds is 4. The summed E-state index contributed by atoms with van der Waals surface area (Å²) in [6.45, 7) is 9.20. The Labute approximate surface area is 111 Å². The van der Waals surface area contributed by atoms with Gasteiger partial charge in [-0.05, 0) is 50.9 Å². The Morgan fingerprint density at radius 3 is 2.67 bits per heavy atom. The summed E-state index contributed by atoms with van der Waals surface area (Å²) in [6, 6.07) is 8.85. The highest BCUT2D eigenvalue weighted by Crippen LogP contribution is 2.29. The number of nitrogens with zero attached hydrogens (tertiary/aromatic N) is 1. The fraction of sp³-hybridized carbons (Fsp3) is 0.625. The average molecular weight is 246 g/mol. The van der Waals surface area contributed by atoms with Crippen molar-refractivity contribution >= 4 is 0 Å². The zero-order valence-electron chi connectivity index (χ0n) is 12.0. The van der Waals surface area contributed by atoms with Crippen LogP contribution in [0.1, 0.15) is 30.9 Å². The lowest BCUT2D eigenvalue weighted by Crippen LogP contribution is -2.41. The third kappa shape index (κ3) is 3.82. The molecule has 1 heterocycles. The molecule has 0 unspecified atom stereocenters. The molecule has 100 valence electrons. The number of benzene rings is 1. The maximum atomic E-state index is 3.45. The van der Waals surface area contributed by atoms with Crippen LogP contribution < -0.4 is 5.32 Å². The molecule has 2 rings (SSSR count). The molecule has 0 bridgehead atoms. The maximum Gasteiger partial charge on any atom is 0.0231 e. The quantitative estimate of drug-likeness (QED) is 0.879. The van der Waals surface area contributed by atoms with E-state index in [9.17, 15) is 0 Å². The first-order chi connectivity index (χ1) is 8.57. The lowest BCUT2D eigenvalue weighted by atomic mass is 9.80. The number of piperidine rings is 1. The van der Waals surface area contributed by atoms with Gasteiger partial charge in [-0.3, -0.25) is 0 Å². The molecular formula is C16H26N2. The summed E-state index contributed by atoms with van der Waals surface area (Å²) in [5, 5.41) is 3.45. The van der Waals surface area contributed by atoms with E-state index in [0.717, 1.165) is 6.54 Å². The second kappa shape index (κ2) is 5.85. The predicted octanol–water partition coefficient (Wildman–Crippen LogP) is 2.82. The van der Waals surface area contributed by atoms with E-state index in [-0.39, 0.29) is 0 Å². The average Bonchev–Trinajstić information content (AvgIpc) is 2.28. The van der Waals surface area contributed by atoms with Gasteiger partial charge in [-0.25, -0.2) is 0 Å². The van der Waals surface area contributed by atoms with Gasteiger partial charge in [0.05, 0.1) is 0 Å². The molecule has 2 nitrogen and oxygen atoms in total. The first-order valence-electron chi connectivity index (χ1n) is 7.02. The number of aryl methyl sites for hydroxylation is 1. The van der Waals surface area contributed by atoms with Crippen LogP contribution in [-0.2, 0) is 6.54 Å². The van der Waals surface area contributed by atoms with Crippen LogP contribution in [0.5, 0.6) is 0 Å². The molecule has 0 aromatic heterocycles. The minimum atomic E-state index is 0.490. The largest absolute Gasteiger partial charge is 0.317 e. The monoisotopic (exact) mass is 246 g/mol. The van der Waals surface area contributed by atoms with Crippen molar-refractivity contribution in [3.05, 3.63) is 35.4 Å². The summed E-state index contributed by atoms with van der Waals surface area (Å²) >= 11 is 0. The van der Waals surface area contributed by atoms with E-state index in [1.54, 1.807) is 0 Å². The van der Waals surface area contributed by atoms with Crippen LogP contribution in [0.3, 0.4) is 0 Å². The fourth-order valence-electron chi connectivity index (χ4n) is 3.02. The third-order valence-electron chi connectivity index (χ3n) is 4.00. The van der Waals surface area contributed by atoms with Crippen LogP contribution >= 0.6 is 0 Å². The van der Waals surface area contributed by atoms with Crippen LogP contribution in [0.2, 0.25) is 0 Å². The predicted molar refractivity (Wildman–Crippen MR) is 77.7 cm³/mol. The number of hydrogen-bond acceptors (Lipinski definition) is 2. The molecule has 1 aromatic rings. The van der Waals surface area contributed by atoms with Gasteiger partial charge in [-0.1, -0.05) is 36.8 Å². The molecule has 1 N–H and O–H groups in total. The Kier molecular flexibility index (Phi) is 4.41. The van der Waals surface area contributed by atoms with Crippen molar-refractivity contribution < 1.29 is 0 Å². The lowest BCUT2D eigenvalue weighted by molar-refractivity contribution is 0.143. The molecule has 0 amide bonds. The van der Waals surface area contributed by atoms with Crippen LogP contribution in [-0.4, -0.2) is 31.6 Å². The molecule has 18 heavy (non-hydrogen) atoms. The normalized spacial score (nSPS) is 19.1. The molecule has 1 aliphatic rings. The molecule has 1 saturated heterocycles. The third-order valence-corrected chi connectivity index (χ3v) is 4.00. The smallest absolute Gasteiger partial charge is 0.0231 e. The number of hydrogen-bond donors (Lipinski definition) is 1. The topological polar surface area (TPSA) is 15.3 Å². The molecule has 1 aromatic carbocycles. The molecule has 0 atom stereocenters. The first kappa shape index (κ1) is 13.6. The second-order valence-corrected chi connectivity index (χ2v) is 6.22. The van der Waals surface area contributed by atoms with Crippen molar-refractivity contribution in [3.63, 3.8) is 0 Å². The molecule has 1 fully saturated rings. The summed E-state index contributed by atoms with van der Waals surface area (Å²) < 4.78 is 0. The summed E-state index contributed by atoms with van der Waals surface area (Å²) in [5.74, 6) is 0. The van der Waals surface area contributed by atoms with Crippen molar-refractivity contribution in [2.24, 2.45) is 5.41 Å². The van der Waals surface area contributed by atoms with Gasteiger partial charge in [0.2, 0.25) is 0 Å². The van der Waals surface area contributed by atoms with Gasteiger partial charge in [-0.2, -0.15) is 0 Å². The van der Waals surface area contributed by atoms with E-state index in [1.165, 1.54) is 43.6 Å². The first-order valence-corrected chi connectivity index (χ1v) is 7.02. The second-order valence-electron chi connectivity index (χ2n) is 6.22. The Morgan fingerprint density at radius 1 is 1.28 bits per heavy atom. The van der Waals surface area contributed by atoms with E-state index in [1.807, 2.05) is 0 Å². The Hall–Kier alpha value is -0.860. The van der Waals surface area contributed by atoms with Gasteiger partial charge in [0.15, 0.2) is 0 Å². The van der Waals surface area contributed by atoms with E-state index >= 15 is 0 Å². The van der Waals surface area contributed by atoms with Gasteiger partial charge in [0.1, 0.15) is 0 Å². The van der Waals surface area contributed by atoms with E-state index < -0.39 is 0 Å². The summed E-state index contributed by atoms with van der Waals surface area (Å²) in [7, 11) is 2.25. The summed E-state index contributed by atoms with van der Waals surface area (Å²) in [6.07, 6.45) is 2.59. The van der Waals surface area contributed by atoms with Crippen LogP contribution in [0.4, 0.5) is 0 Å². The van der Waals surface area contributed by atoms with Crippen molar-refractivity contribution in [1.82, 2.24) is 10.2 Å². The fourth-order valence-corrected chi connectivity index (χ4v) is 3.02. The standard InChI is InChI=1S/C16H26N2/c1-14-5-4-6-15(11-14)12-18(3)13-16(2)7-9-17-10-8-16/h4-6,11,17H,7-10,12-13H2,1-3H3. The van der Waals surface area contributed by atoms with Gasteiger partial charge < -0.3 is 10.2 Å². The molecule has 1 aliphatic heterocycles. The van der Waals surface area contributed by atoms with Gasteiger partial charge in [0.25, 0.3) is 0 Å². The van der Waals surface area contributed by atoms with Gasteiger partial charge in [0, 0.05) is 13.1 Å². The molecular weight excluding hydrogens is 220 g/mol. The highest BCUT2D eigenvalue weighted by atomic mass is 15.1. The van der Waals surface area contributed by atoms with Crippen LogP contribution in [0, 0.1) is 12.3 Å². The van der Waals surface area contributed by atoms with E-state index in [0.29, 0.717) is 5.41 Å². The SMILES string of the molecule is Cc1cccc(CN(C)CC2(C)CCNCC2)c1. The zero-order chi connectivity index (χ0) is 13.0. The van der Waals surface area contributed by atoms with Crippen molar-refractivity contribution in [2.75, 3.05) is 26.7 Å². The Bertz CT molecular complexity index is 380. The molecule has 0 radical (unpaired) electrons. The highest BCUT2D eigenvalue weighted by Gasteiger charge is 2.27. The van der Waals surface area contributed by atoms with Crippen molar-refractivity contribution in [2.45, 2.75) is 33.2 Å². The molecule has 0 aliphatic carbocycles. The molecule has 2 heteroatoms. The minimum absolute atomic E-state index is 0.490. The van der Waals surface area contributed by atoms with Crippen molar-refractivity contribution in [1.29, 1.82) is 0 Å². The van der Waals surface area contributed by atoms with Gasteiger partial charge >= 0.3 is 0 Å². The van der Waals surface area contributed by atoms with Crippen LogP contribution in [0.25, 0.3) is 0 Å². The molecule has 0 spiro atoms. The summed E-state index contributed by atoms with van der Waals surface area (Å²) in [5.41, 5.74) is 3.27. The summed E-state index contributed by atoms with van der Waals surface area (Å²) in [4.78, 5) is 2.47. The highest BCUT2D eigenvalue weighted by molar-refractivity contribution is 5.22. The van der Waals surface area contributed by atoms with E-state index in [2.05, 4.69) is 55.4 Å². The van der Waals surface area contributed by atoms with Gasteiger partial charge in [-0.15, -0.1) is 0 Å².